The molecule has 2 aliphatic rings. The van der Waals surface area contributed by atoms with Gasteiger partial charge in [-0.25, -0.2) is 0 Å². The van der Waals surface area contributed by atoms with Gasteiger partial charge < -0.3 is 14.9 Å². The third-order valence-electron chi connectivity index (χ3n) is 4.29. The van der Waals surface area contributed by atoms with Crippen LogP contribution >= 0.6 is 0 Å². The first-order valence-electron chi connectivity index (χ1n) is 8.19. The van der Waals surface area contributed by atoms with E-state index >= 15 is 0 Å². The Labute approximate surface area is 150 Å². The minimum atomic E-state index is -1.06. The maximum absolute atomic E-state index is 12.9. The summed E-state index contributed by atoms with van der Waals surface area (Å²) in [6.45, 7) is 0.729. The second kappa shape index (κ2) is 6.53. The number of ether oxygens (including phenoxy) is 1. The van der Waals surface area contributed by atoms with Crippen LogP contribution < -0.4 is 15.5 Å². The first-order chi connectivity index (χ1) is 12.7. The monoisotopic (exact) mass is 351 g/mol. The summed E-state index contributed by atoms with van der Waals surface area (Å²) in [5, 5.41) is 4.15. The van der Waals surface area contributed by atoms with Gasteiger partial charge in [-0.2, -0.15) is 0 Å². The van der Waals surface area contributed by atoms with E-state index in [1.165, 1.54) is 0 Å². The molecule has 0 unspecified atom stereocenters. The first kappa shape index (κ1) is 16.2. The molecule has 0 aromatic heterocycles. The molecule has 0 saturated carbocycles. The van der Waals surface area contributed by atoms with Crippen molar-refractivity contribution >= 4 is 18.0 Å². The lowest BCUT2D eigenvalue weighted by Crippen LogP contribution is -2.71. The average Bonchev–Trinajstić information content (AvgIpc) is 3.15. The number of aldehydes is 1. The Kier molecular flexibility index (Phi) is 4.06. The molecule has 7 nitrogen and oxygen atoms in total. The maximum atomic E-state index is 12.9. The van der Waals surface area contributed by atoms with Crippen LogP contribution in [0.5, 0.6) is 5.75 Å². The van der Waals surface area contributed by atoms with Crippen molar-refractivity contribution in [3.05, 3.63) is 71.9 Å². The van der Waals surface area contributed by atoms with Crippen LogP contribution in [0.3, 0.4) is 0 Å². The highest BCUT2D eigenvalue weighted by molar-refractivity contribution is 5.87. The molecule has 26 heavy (non-hydrogen) atoms. The molecule has 1 saturated heterocycles. The van der Waals surface area contributed by atoms with Gasteiger partial charge in [-0.05, 0) is 24.3 Å². The quantitative estimate of drug-likeness (QED) is 0.795. The highest BCUT2D eigenvalue weighted by Gasteiger charge is 2.51. The Morgan fingerprint density at radius 2 is 1.85 bits per heavy atom. The molecular formula is C19H17N3O4. The zero-order chi connectivity index (χ0) is 18.0. The van der Waals surface area contributed by atoms with Crippen molar-refractivity contribution in [2.45, 2.75) is 5.60 Å². The summed E-state index contributed by atoms with van der Waals surface area (Å²) >= 11 is 0. The molecule has 1 fully saturated rings. The molecule has 0 spiro atoms. The van der Waals surface area contributed by atoms with Crippen molar-refractivity contribution in [1.29, 1.82) is 0 Å². The van der Waals surface area contributed by atoms with Crippen LogP contribution in [0.1, 0.15) is 15.9 Å². The molecule has 2 N–H and O–H groups in total. The lowest BCUT2D eigenvalue weighted by atomic mass is 9.95. The summed E-state index contributed by atoms with van der Waals surface area (Å²) in [5.74, 6) is 0.732. The molecule has 7 heteroatoms. The number of benzene rings is 2. The van der Waals surface area contributed by atoms with Crippen LogP contribution in [-0.2, 0) is 9.63 Å². The predicted molar refractivity (Wildman–Crippen MR) is 93.5 cm³/mol. The average molecular weight is 351 g/mol. The predicted octanol–water partition coefficient (Wildman–Crippen LogP) is 1.50. The zero-order valence-corrected chi connectivity index (χ0v) is 13.8. The minimum Gasteiger partial charge on any atom is -0.474 e. The summed E-state index contributed by atoms with van der Waals surface area (Å²) in [6.07, 6.45) is 2.39. The molecule has 2 aromatic carbocycles. The third kappa shape index (κ3) is 2.89. The van der Waals surface area contributed by atoms with Crippen LogP contribution in [0.25, 0.3) is 5.76 Å². The SMILES string of the molecule is O=Cc1ccc(OC2(C(=O)N3NC=C(c4ccccc4)O3)CNC2)cc1. The second-order valence-corrected chi connectivity index (χ2v) is 6.08. The Balaban J connectivity index is 1.46. The topological polar surface area (TPSA) is 79.9 Å². The number of hydrogen-bond acceptors (Lipinski definition) is 6. The number of hydrazine groups is 1. The second-order valence-electron chi connectivity index (χ2n) is 6.08. The van der Waals surface area contributed by atoms with Gasteiger partial charge in [-0.3, -0.25) is 15.0 Å². The highest BCUT2D eigenvalue weighted by atomic mass is 16.7. The van der Waals surface area contributed by atoms with Crippen molar-refractivity contribution in [3.8, 4) is 5.75 Å². The van der Waals surface area contributed by atoms with Gasteiger partial charge in [0.05, 0.1) is 6.20 Å². The fourth-order valence-electron chi connectivity index (χ4n) is 2.75. The van der Waals surface area contributed by atoms with Gasteiger partial charge in [-0.15, -0.1) is 0 Å². The minimum absolute atomic E-state index is 0.335. The van der Waals surface area contributed by atoms with Gasteiger partial charge in [0.25, 0.3) is 0 Å². The van der Waals surface area contributed by atoms with Crippen molar-refractivity contribution in [2.75, 3.05) is 13.1 Å². The first-order valence-corrected chi connectivity index (χ1v) is 8.19. The number of nitrogens with zero attached hydrogens (tertiary/aromatic N) is 1. The van der Waals surface area contributed by atoms with E-state index in [4.69, 9.17) is 9.57 Å². The van der Waals surface area contributed by atoms with Crippen LogP contribution in [0.2, 0.25) is 0 Å². The van der Waals surface area contributed by atoms with E-state index in [2.05, 4.69) is 10.7 Å². The number of amides is 1. The van der Waals surface area contributed by atoms with E-state index < -0.39 is 5.60 Å². The van der Waals surface area contributed by atoms with E-state index in [9.17, 15) is 9.59 Å². The molecule has 1 amide bonds. The van der Waals surface area contributed by atoms with Gasteiger partial charge in [0, 0.05) is 24.2 Å². The van der Waals surface area contributed by atoms with Crippen molar-refractivity contribution in [1.82, 2.24) is 15.9 Å². The normalized spacial score (nSPS) is 17.4. The van der Waals surface area contributed by atoms with Gasteiger partial charge in [0.1, 0.15) is 12.0 Å². The van der Waals surface area contributed by atoms with E-state index in [-0.39, 0.29) is 5.91 Å². The maximum Gasteiger partial charge on any atom is 0.323 e. The van der Waals surface area contributed by atoms with Crippen molar-refractivity contribution in [3.63, 3.8) is 0 Å². The van der Waals surface area contributed by atoms with Crippen molar-refractivity contribution < 1.29 is 19.2 Å². The number of carbonyl (C=O) groups excluding carboxylic acids is 2. The number of hydrogen-bond donors (Lipinski definition) is 2. The van der Waals surface area contributed by atoms with Gasteiger partial charge in [0.2, 0.25) is 5.60 Å². The Morgan fingerprint density at radius 3 is 2.46 bits per heavy atom. The Bertz CT molecular complexity index is 845. The summed E-state index contributed by atoms with van der Waals surface area (Å²) in [6, 6.07) is 16.1. The van der Waals surface area contributed by atoms with Crippen LogP contribution in [0.15, 0.2) is 60.8 Å². The zero-order valence-electron chi connectivity index (χ0n) is 13.8. The molecule has 0 atom stereocenters. The molecular weight excluding hydrogens is 334 g/mol. The number of rotatable bonds is 5. The fourth-order valence-corrected chi connectivity index (χ4v) is 2.75. The van der Waals surface area contributed by atoms with Gasteiger partial charge in [-0.1, -0.05) is 35.5 Å². The number of hydroxylamine groups is 1. The largest absolute Gasteiger partial charge is 0.474 e. The van der Waals surface area contributed by atoms with Gasteiger partial charge >= 0.3 is 5.91 Å². The van der Waals surface area contributed by atoms with E-state index in [1.807, 2.05) is 30.3 Å². The van der Waals surface area contributed by atoms with E-state index in [0.717, 1.165) is 17.0 Å². The Morgan fingerprint density at radius 1 is 1.12 bits per heavy atom. The highest BCUT2D eigenvalue weighted by Crippen LogP contribution is 2.27. The molecule has 4 rings (SSSR count). The summed E-state index contributed by atoms with van der Waals surface area (Å²) < 4.78 is 5.94. The lowest BCUT2D eigenvalue weighted by Gasteiger charge is -2.41. The van der Waals surface area contributed by atoms with E-state index in [1.54, 1.807) is 30.5 Å². The van der Waals surface area contributed by atoms with Crippen LogP contribution in [-0.4, -0.2) is 36.1 Å². The van der Waals surface area contributed by atoms with E-state index in [0.29, 0.717) is 30.2 Å². The molecule has 0 aliphatic carbocycles. The lowest BCUT2D eigenvalue weighted by molar-refractivity contribution is -0.190. The smallest absolute Gasteiger partial charge is 0.323 e. The summed E-state index contributed by atoms with van der Waals surface area (Å²) in [4.78, 5) is 29.3. The molecule has 2 aromatic rings. The summed E-state index contributed by atoms with van der Waals surface area (Å²) in [7, 11) is 0. The molecule has 2 heterocycles. The Hall–Kier alpha value is -3.32. The third-order valence-corrected chi connectivity index (χ3v) is 4.29. The molecule has 2 aliphatic heterocycles. The van der Waals surface area contributed by atoms with Gasteiger partial charge in [0.15, 0.2) is 5.76 Å². The van der Waals surface area contributed by atoms with Crippen LogP contribution in [0.4, 0.5) is 0 Å². The molecule has 132 valence electrons. The van der Waals surface area contributed by atoms with Crippen LogP contribution in [0, 0.1) is 0 Å². The molecule has 0 radical (unpaired) electrons. The number of nitrogens with one attached hydrogen (secondary N) is 2. The number of carbonyl (C=O) groups is 2. The standard InChI is InChI=1S/C19H17N3O4/c23-11-14-6-8-16(9-7-14)25-19(12-20-13-19)18(24)22-21-10-17(26-22)15-4-2-1-3-5-15/h1-11,20-21H,12-13H2. The van der Waals surface area contributed by atoms with Crippen molar-refractivity contribution in [2.24, 2.45) is 0 Å². The fraction of sp³-hybridized carbons (Fsp3) is 0.158. The molecule has 0 bridgehead atoms. The summed E-state index contributed by atoms with van der Waals surface area (Å²) in [5.41, 5.74) is 3.18.